The molecule has 0 radical (unpaired) electrons. The molecule has 4 heteroatoms. The molecule has 0 fully saturated rings. The van der Waals surface area contributed by atoms with Crippen molar-refractivity contribution in [2.45, 2.75) is 6.42 Å². The van der Waals surface area contributed by atoms with Gasteiger partial charge in [-0.3, -0.25) is 0 Å². The van der Waals surface area contributed by atoms with Crippen LogP contribution in [0, 0.1) is 0 Å². The molecule has 1 heterocycles. The maximum atomic E-state index is 5.78. The Balaban J connectivity index is 1.93. The number of methoxy groups -OCH3 is 1. The van der Waals surface area contributed by atoms with E-state index in [1.807, 2.05) is 42.5 Å². The summed E-state index contributed by atoms with van der Waals surface area (Å²) in [5.74, 6) is 1.75. The molecule has 0 unspecified atom stereocenters. The van der Waals surface area contributed by atoms with E-state index in [9.17, 15) is 0 Å². The summed E-state index contributed by atoms with van der Waals surface area (Å²) >= 11 is 0. The first-order valence-corrected chi connectivity index (χ1v) is 6.11. The number of benzene rings is 2. The molecule has 3 N–H and O–H groups in total. The largest absolute Gasteiger partial charge is 0.497 e. The van der Waals surface area contributed by atoms with Crippen LogP contribution in [0.25, 0.3) is 11.0 Å². The van der Waals surface area contributed by atoms with Crippen LogP contribution in [0.4, 0.5) is 5.69 Å². The number of nitrogens with two attached hydrogens (primary N) is 1. The Bertz CT molecular complexity index is 718. The molecule has 19 heavy (non-hydrogen) atoms. The van der Waals surface area contributed by atoms with E-state index >= 15 is 0 Å². The van der Waals surface area contributed by atoms with Gasteiger partial charge in [0, 0.05) is 18.2 Å². The lowest BCUT2D eigenvalue weighted by Crippen LogP contribution is -1.92. The van der Waals surface area contributed by atoms with Gasteiger partial charge in [0.1, 0.15) is 11.6 Å². The van der Waals surface area contributed by atoms with E-state index in [1.54, 1.807) is 7.11 Å². The predicted octanol–water partition coefficient (Wildman–Crippen LogP) is 2.74. The van der Waals surface area contributed by atoms with Crippen LogP contribution in [0.5, 0.6) is 5.75 Å². The second-order valence-electron chi connectivity index (χ2n) is 4.49. The van der Waals surface area contributed by atoms with Crippen molar-refractivity contribution in [3.63, 3.8) is 0 Å². The number of aromatic amines is 1. The predicted molar refractivity (Wildman–Crippen MR) is 76.3 cm³/mol. The first-order valence-electron chi connectivity index (χ1n) is 6.11. The smallest absolute Gasteiger partial charge is 0.121 e. The molecule has 0 spiro atoms. The molecule has 96 valence electrons. The average molecular weight is 253 g/mol. The molecule has 0 saturated carbocycles. The average Bonchev–Trinajstić information content (AvgIpc) is 2.79. The third-order valence-corrected chi connectivity index (χ3v) is 3.06. The topological polar surface area (TPSA) is 63.9 Å². The van der Waals surface area contributed by atoms with Crippen LogP contribution < -0.4 is 10.5 Å². The minimum Gasteiger partial charge on any atom is -0.497 e. The van der Waals surface area contributed by atoms with Crippen molar-refractivity contribution < 1.29 is 4.74 Å². The van der Waals surface area contributed by atoms with Crippen LogP contribution in [0.15, 0.2) is 42.5 Å². The van der Waals surface area contributed by atoms with Crippen molar-refractivity contribution in [2.24, 2.45) is 0 Å². The third-order valence-electron chi connectivity index (χ3n) is 3.06. The highest BCUT2D eigenvalue weighted by Crippen LogP contribution is 2.20. The second kappa shape index (κ2) is 4.65. The summed E-state index contributed by atoms with van der Waals surface area (Å²) in [6, 6.07) is 13.7. The van der Waals surface area contributed by atoms with Crippen molar-refractivity contribution in [2.75, 3.05) is 12.8 Å². The molecule has 3 aromatic rings. The van der Waals surface area contributed by atoms with E-state index in [2.05, 4.69) is 9.97 Å². The SMILES string of the molecule is COc1ccc2nc(Cc3cccc(N)c3)[nH]c2c1. The highest BCUT2D eigenvalue weighted by atomic mass is 16.5. The number of rotatable bonds is 3. The van der Waals surface area contributed by atoms with E-state index in [0.717, 1.165) is 40.3 Å². The van der Waals surface area contributed by atoms with Crippen molar-refractivity contribution >= 4 is 16.7 Å². The van der Waals surface area contributed by atoms with Crippen molar-refractivity contribution in [1.29, 1.82) is 0 Å². The van der Waals surface area contributed by atoms with Gasteiger partial charge in [-0.15, -0.1) is 0 Å². The van der Waals surface area contributed by atoms with Crippen molar-refractivity contribution in [3.05, 3.63) is 53.9 Å². The van der Waals surface area contributed by atoms with E-state index in [-0.39, 0.29) is 0 Å². The van der Waals surface area contributed by atoms with Crippen LogP contribution in [-0.4, -0.2) is 17.1 Å². The highest BCUT2D eigenvalue weighted by Gasteiger charge is 2.05. The molecular formula is C15H15N3O. The zero-order chi connectivity index (χ0) is 13.2. The van der Waals surface area contributed by atoms with E-state index in [4.69, 9.17) is 10.5 Å². The van der Waals surface area contributed by atoms with Crippen LogP contribution >= 0.6 is 0 Å². The minimum absolute atomic E-state index is 0.738. The number of H-pyrrole nitrogens is 1. The molecule has 0 aliphatic rings. The Labute approximate surface area is 111 Å². The fourth-order valence-electron chi connectivity index (χ4n) is 2.15. The van der Waals surface area contributed by atoms with Crippen molar-refractivity contribution in [3.8, 4) is 5.75 Å². The van der Waals surface area contributed by atoms with Crippen molar-refractivity contribution in [1.82, 2.24) is 9.97 Å². The molecular weight excluding hydrogens is 238 g/mol. The molecule has 0 atom stereocenters. The molecule has 4 nitrogen and oxygen atoms in total. The van der Waals surface area contributed by atoms with Gasteiger partial charge in [0.25, 0.3) is 0 Å². The lowest BCUT2D eigenvalue weighted by atomic mass is 10.1. The van der Waals surface area contributed by atoms with Gasteiger partial charge in [0.15, 0.2) is 0 Å². The molecule has 0 saturated heterocycles. The van der Waals surface area contributed by atoms with Crippen LogP contribution in [0.1, 0.15) is 11.4 Å². The van der Waals surface area contributed by atoms with E-state index in [1.165, 1.54) is 0 Å². The van der Waals surface area contributed by atoms with Gasteiger partial charge in [0.05, 0.1) is 18.1 Å². The fourth-order valence-corrected chi connectivity index (χ4v) is 2.15. The third kappa shape index (κ3) is 2.38. The number of ether oxygens (including phenoxy) is 1. The Morgan fingerprint density at radius 2 is 2.11 bits per heavy atom. The van der Waals surface area contributed by atoms with Crippen LogP contribution in [-0.2, 0) is 6.42 Å². The standard InChI is InChI=1S/C15H15N3O/c1-19-12-5-6-13-14(9-12)18-15(17-13)8-10-3-2-4-11(16)7-10/h2-7,9H,8,16H2,1H3,(H,17,18). The number of nitrogen functional groups attached to an aromatic ring is 1. The summed E-state index contributed by atoms with van der Waals surface area (Å²) in [6.07, 6.45) is 0.738. The van der Waals surface area contributed by atoms with E-state index < -0.39 is 0 Å². The number of aromatic nitrogens is 2. The number of nitrogens with zero attached hydrogens (tertiary/aromatic N) is 1. The molecule has 0 amide bonds. The second-order valence-corrected chi connectivity index (χ2v) is 4.49. The number of hydrogen-bond acceptors (Lipinski definition) is 3. The van der Waals surface area contributed by atoms with Gasteiger partial charge in [-0.05, 0) is 29.8 Å². The highest BCUT2D eigenvalue weighted by molar-refractivity contribution is 5.76. The first-order chi connectivity index (χ1) is 9.24. The summed E-state index contributed by atoms with van der Waals surface area (Å²) in [7, 11) is 1.66. The Kier molecular flexibility index (Phi) is 2.83. The quantitative estimate of drug-likeness (QED) is 0.705. The molecule has 0 aliphatic carbocycles. The molecule has 0 bridgehead atoms. The number of fused-ring (bicyclic) bond motifs is 1. The first kappa shape index (κ1) is 11.6. The zero-order valence-corrected chi connectivity index (χ0v) is 10.7. The lowest BCUT2D eigenvalue weighted by Gasteiger charge is -1.99. The number of hydrogen-bond donors (Lipinski definition) is 2. The summed E-state index contributed by atoms with van der Waals surface area (Å²) in [5.41, 5.74) is 9.62. The number of imidazole rings is 1. The molecule has 3 rings (SSSR count). The number of nitrogens with one attached hydrogen (secondary N) is 1. The Morgan fingerprint density at radius 1 is 1.21 bits per heavy atom. The fraction of sp³-hybridized carbons (Fsp3) is 0.133. The van der Waals surface area contributed by atoms with Gasteiger partial charge >= 0.3 is 0 Å². The van der Waals surface area contributed by atoms with Gasteiger partial charge in [-0.1, -0.05) is 12.1 Å². The summed E-state index contributed by atoms with van der Waals surface area (Å²) in [5, 5.41) is 0. The lowest BCUT2D eigenvalue weighted by molar-refractivity contribution is 0.415. The van der Waals surface area contributed by atoms with Gasteiger partial charge in [-0.2, -0.15) is 0 Å². The van der Waals surface area contributed by atoms with Crippen LogP contribution in [0.2, 0.25) is 0 Å². The van der Waals surface area contributed by atoms with Crippen LogP contribution in [0.3, 0.4) is 0 Å². The van der Waals surface area contributed by atoms with Gasteiger partial charge < -0.3 is 15.5 Å². The molecule has 0 aliphatic heterocycles. The molecule has 2 aromatic carbocycles. The summed E-state index contributed by atoms with van der Waals surface area (Å²) < 4.78 is 5.20. The maximum absolute atomic E-state index is 5.78. The zero-order valence-electron chi connectivity index (χ0n) is 10.7. The van der Waals surface area contributed by atoms with E-state index in [0.29, 0.717) is 0 Å². The summed E-state index contributed by atoms with van der Waals surface area (Å²) in [4.78, 5) is 7.87. The normalized spacial score (nSPS) is 10.8. The summed E-state index contributed by atoms with van der Waals surface area (Å²) in [6.45, 7) is 0. The van der Waals surface area contributed by atoms with Gasteiger partial charge in [0.2, 0.25) is 0 Å². The Morgan fingerprint density at radius 3 is 2.89 bits per heavy atom. The van der Waals surface area contributed by atoms with Gasteiger partial charge in [-0.25, -0.2) is 4.98 Å². The maximum Gasteiger partial charge on any atom is 0.121 e. The Hall–Kier alpha value is -2.49. The minimum atomic E-state index is 0.738. The molecule has 1 aromatic heterocycles. The monoisotopic (exact) mass is 253 g/mol. The number of anilines is 1.